The minimum Gasteiger partial charge on any atom is -0.496 e. The zero-order chi connectivity index (χ0) is 17.1. The minimum atomic E-state index is -0.0263. The summed E-state index contributed by atoms with van der Waals surface area (Å²) < 4.78 is 5.37. The zero-order valence-electron chi connectivity index (χ0n) is 14.7. The third kappa shape index (κ3) is 3.66. The average molecular weight is 318 g/mol. The molecule has 0 aromatic heterocycles. The van der Waals surface area contributed by atoms with E-state index in [4.69, 9.17) is 4.74 Å². The predicted octanol–water partition coefficient (Wildman–Crippen LogP) is 2.25. The highest BCUT2D eigenvalue weighted by Crippen LogP contribution is 2.25. The van der Waals surface area contributed by atoms with Crippen LogP contribution in [-0.2, 0) is 4.79 Å². The monoisotopic (exact) mass is 318 g/mol. The number of ether oxygens (including phenoxy) is 1. The van der Waals surface area contributed by atoms with Gasteiger partial charge in [0.2, 0.25) is 5.91 Å². The maximum atomic E-state index is 12.8. The third-order valence-corrected chi connectivity index (χ3v) is 4.42. The fraction of sp³-hybridized carbons (Fsp3) is 0.556. The van der Waals surface area contributed by atoms with Gasteiger partial charge in [-0.2, -0.15) is 0 Å². The molecule has 1 fully saturated rings. The van der Waals surface area contributed by atoms with Gasteiger partial charge < -0.3 is 14.5 Å². The standard InChI is InChI=1S/C18H26N2O3/c1-12(2)17(21)19-6-8-20(9-7-19)18(22)15-10-13(3)14(4)11-16(15)23-5/h10-12H,6-9H2,1-5H3. The van der Waals surface area contributed by atoms with Crippen molar-refractivity contribution in [1.82, 2.24) is 9.80 Å². The highest BCUT2D eigenvalue weighted by molar-refractivity contribution is 5.97. The lowest BCUT2D eigenvalue weighted by molar-refractivity contribution is -0.135. The Morgan fingerprint density at radius 1 is 1.00 bits per heavy atom. The van der Waals surface area contributed by atoms with Gasteiger partial charge in [-0.3, -0.25) is 9.59 Å². The van der Waals surface area contributed by atoms with Crippen molar-refractivity contribution in [2.45, 2.75) is 27.7 Å². The highest BCUT2D eigenvalue weighted by atomic mass is 16.5. The van der Waals surface area contributed by atoms with Crippen molar-refractivity contribution in [2.75, 3.05) is 33.3 Å². The van der Waals surface area contributed by atoms with E-state index in [-0.39, 0.29) is 17.7 Å². The molecule has 2 rings (SSSR count). The van der Waals surface area contributed by atoms with E-state index in [1.165, 1.54) is 0 Å². The molecule has 0 atom stereocenters. The second-order valence-corrected chi connectivity index (χ2v) is 6.41. The van der Waals surface area contributed by atoms with Crippen molar-refractivity contribution in [1.29, 1.82) is 0 Å². The lowest BCUT2D eigenvalue weighted by Gasteiger charge is -2.35. The molecule has 23 heavy (non-hydrogen) atoms. The van der Waals surface area contributed by atoms with E-state index < -0.39 is 0 Å². The molecule has 0 aliphatic carbocycles. The van der Waals surface area contributed by atoms with E-state index >= 15 is 0 Å². The molecule has 1 aliphatic heterocycles. The Labute approximate surface area is 138 Å². The number of carbonyl (C=O) groups is 2. The first-order valence-electron chi connectivity index (χ1n) is 8.08. The number of hydrogen-bond acceptors (Lipinski definition) is 3. The van der Waals surface area contributed by atoms with Gasteiger partial charge in [-0.25, -0.2) is 0 Å². The summed E-state index contributed by atoms with van der Waals surface area (Å²) in [7, 11) is 1.58. The highest BCUT2D eigenvalue weighted by Gasteiger charge is 2.27. The van der Waals surface area contributed by atoms with Gasteiger partial charge in [0.15, 0.2) is 0 Å². The molecule has 0 unspecified atom stereocenters. The number of aryl methyl sites for hydroxylation is 2. The third-order valence-electron chi connectivity index (χ3n) is 4.42. The Bertz CT molecular complexity index is 603. The summed E-state index contributed by atoms with van der Waals surface area (Å²) >= 11 is 0. The van der Waals surface area contributed by atoms with Crippen LogP contribution in [-0.4, -0.2) is 54.9 Å². The van der Waals surface area contributed by atoms with Crippen molar-refractivity contribution in [2.24, 2.45) is 5.92 Å². The van der Waals surface area contributed by atoms with Gasteiger partial charge in [0.1, 0.15) is 5.75 Å². The fourth-order valence-electron chi connectivity index (χ4n) is 2.79. The predicted molar refractivity (Wildman–Crippen MR) is 89.8 cm³/mol. The molecule has 1 aromatic rings. The molecule has 5 nitrogen and oxygen atoms in total. The largest absolute Gasteiger partial charge is 0.496 e. The first-order valence-corrected chi connectivity index (χ1v) is 8.08. The minimum absolute atomic E-state index is 0.00269. The number of carbonyl (C=O) groups excluding carboxylic acids is 2. The van der Waals surface area contributed by atoms with Crippen LogP contribution in [0.3, 0.4) is 0 Å². The number of hydrogen-bond donors (Lipinski definition) is 0. The summed E-state index contributed by atoms with van der Waals surface area (Å²) in [5, 5.41) is 0. The molecule has 0 saturated carbocycles. The SMILES string of the molecule is COc1cc(C)c(C)cc1C(=O)N1CCN(C(=O)C(C)C)CC1. The number of rotatable bonds is 3. The lowest BCUT2D eigenvalue weighted by atomic mass is 10.0. The van der Waals surface area contributed by atoms with Crippen molar-refractivity contribution < 1.29 is 14.3 Å². The van der Waals surface area contributed by atoms with E-state index in [2.05, 4.69) is 0 Å². The van der Waals surface area contributed by atoms with Crippen molar-refractivity contribution in [3.63, 3.8) is 0 Å². The number of amides is 2. The molecule has 1 aromatic carbocycles. The van der Waals surface area contributed by atoms with Crippen LogP contribution in [0.5, 0.6) is 5.75 Å². The number of piperazine rings is 1. The Kier molecular flexibility index (Phi) is 5.29. The molecular formula is C18H26N2O3. The Morgan fingerprint density at radius 2 is 1.52 bits per heavy atom. The molecule has 0 N–H and O–H groups in total. The second-order valence-electron chi connectivity index (χ2n) is 6.41. The summed E-state index contributed by atoms with van der Waals surface area (Å²) in [5.74, 6) is 0.735. The molecule has 5 heteroatoms. The number of nitrogens with zero attached hydrogens (tertiary/aromatic N) is 2. The van der Waals surface area contributed by atoms with E-state index in [0.717, 1.165) is 11.1 Å². The molecule has 1 aliphatic rings. The van der Waals surface area contributed by atoms with Crippen LogP contribution >= 0.6 is 0 Å². The van der Waals surface area contributed by atoms with Crippen LogP contribution in [0, 0.1) is 19.8 Å². The molecular weight excluding hydrogens is 292 g/mol. The molecule has 1 heterocycles. The van der Waals surface area contributed by atoms with Gasteiger partial charge in [-0.15, -0.1) is 0 Å². The maximum absolute atomic E-state index is 12.8. The van der Waals surface area contributed by atoms with Crippen molar-refractivity contribution in [3.8, 4) is 5.75 Å². The summed E-state index contributed by atoms with van der Waals surface area (Å²) in [6, 6.07) is 3.79. The molecule has 1 saturated heterocycles. The molecule has 0 spiro atoms. The lowest BCUT2D eigenvalue weighted by Crippen LogP contribution is -2.51. The van der Waals surface area contributed by atoms with Crippen LogP contribution in [0.2, 0.25) is 0 Å². The van der Waals surface area contributed by atoms with Crippen LogP contribution in [0.25, 0.3) is 0 Å². The van der Waals surface area contributed by atoms with Gasteiger partial charge in [-0.1, -0.05) is 13.8 Å². The van der Waals surface area contributed by atoms with Crippen molar-refractivity contribution >= 4 is 11.8 Å². The van der Waals surface area contributed by atoms with Gasteiger partial charge in [-0.05, 0) is 37.1 Å². The second kappa shape index (κ2) is 7.02. The molecule has 0 radical (unpaired) electrons. The first kappa shape index (κ1) is 17.3. The van der Waals surface area contributed by atoms with Crippen LogP contribution in [0.4, 0.5) is 0 Å². The Morgan fingerprint density at radius 3 is 2.04 bits per heavy atom. The van der Waals surface area contributed by atoms with Gasteiger partial charge in [0.25, 0.3) is 5.91 Å². The summed E-state index contributed by atoms with van der Waals surface area (Å²) in [5.41, 5.74) is 2.77. The van der Waals surface area contributed by atoms with E-state index in [1.54, 1.807) is 12.0 Å². The van der Waals surface area contributed by atoms with Gasteiger partial charge in [0.05, 0.1) is 12.7 Å². The topological polar surface area (TPSA) is 49.9 Å². The summed E-state index contributed by atoms with van der Waals surface area (Å²) in [6.45, 7) is 10.1. The Hall–Kier alpha value is -2.04. The fourth-order valence-corrected chi connectivity index (χ4v) is 2.79. The average Bonchev–Trinajstić information content (AvgIpc) is 2.55. The van der Waals surface area contributed by atoms with Gasteiger partial charge >= 0.3 is 0 Å². The van der Waals surface area contributed by atoms with Crippen LogP contribution in [0.1, 0.15) is 35.3 Å². The maximum Gasteiger partial charge on any atom is 0.257 e. The molecule has 2 amide bonds. The molecule has 126 valence electrons. The first-order chi connectivity index (χ1) is 10.8. The normalized spacial score (nSPS) is 15.0. The van der Waals surface area contributed by atoms with Crippen molar-refractivity contribution in [3.05, 3.63) is 28.8 Å². The van der Waals surface area contributed by atoms with Crippen LogP contribution < -0.4 is 4.74 Å². The van der Waals surface area contributed by atoms with E-state index in [1.807, 2.05) is 44.7 Å². The number of benzene rings is 1. The summed E-state index contributed by atoms with van der Waals surface area (Å²) in [6.07, 6.45) is 0. The zero-order valence-corrected chi connectivity index (χ0v) is 14.7. The molecule has 0 bridgehead atoms. The number of methoxy groups -OCH3 is 1. The summed E-state index contributed by atoms with van der Waals surface area (Å²) in [4.78, 5) is 28.5. The van der Waals surface area contributed by atoms with E-state index in [0.29, 0.717) is 37.5 Å². The van der Waals surface area contributed by atoms with Crippen LogP contribution in [0.15, 0.2) is 12.1 Å². The van der Waals surface area contributed by atoms with E-state index in [9.17, 15) is 9.59 Å². The van der Waals surface area contributed by atoms with Gasteiger partial charge in [0, 0.05) is 32.1 Å². The smallest absolute Gasteiger partial charge is 0.257 e. The Balaban J connectivity index is 2.11. The quantitative estimate of drug-likeness (QED) is 0.859.